The highest BCUT2D eigenvalue weighted by Crippen LogP contribution is 2.29. The van der Waals surface area contributed by atoms with E-state index in [2.05, 4.69) is 42.7 Å². The van der Waals surface area contributed by atoms with E-state index in [9.17, 15) is 14.0 Å². The van der Waals surface area contributed by atoms with Crippen LogP contribution >= 0.6 is 0 Å². The molecule has 1 fully saturated rings. The molecule has 10 heteroatoms. The summed E-state index contributed by atoms with van der Waals surface area (Å²) < 4.78 is 15.0. The first kappa shape index (κ1) is 26.6. The second-order valence-electron chi connectivity index (χ2n) is 10.8. The minimum atomic E-state index is -0.356. The van der Waals surface area contributed by atoms with E-state index in [1.807, 2.05) is 30.3 Å². The van der Waals surface area contributed by atoms with Crippen molar-refractivity contribution >= 4 is 33.8 Å². The molecule has 6 rings (SSSR count). The number of H-pyrrole nitrogens is 2. The molecule has 3 aromatic carbocycles. The molecule has 9 nitrogen and oxygen atoms in total. The normalized spacial score (nSPS) is 14.5. The number of carbonyl (C=O) groups excluding carboxylic acids is 1. The number of anilines is 1. The van der Waals surface area contributed by atoms with Gasteiger partial charge in [0.05, 0.1) is 22.1 Å². The number of aromatic amines is 2. The molecule has 3 heterocycles. The largest absolute Gasteiger partial charge is 0.338 e. The van der Waals surface area contributed by atoms with Gasteiger partial charge in [0, 0.05) is 23.9 Å². The Balaban J connectivity index is 1.15. The molecule has 0 saturated carbocycles. The van der Waals surface area contributed by atoms with Crippen LogP contribution in [0.2, 0.25) is 0 Å². The van der Waals surface area contributed by atoms with Crippen LogP contribution in [-0.2, 0) is 6.42 Å². The van der Waals surface area contributed by atoms with Crippen molar-refractivity contribution in [3.05, 3.63) is 88.1 Å². The monoisotopic (exact) mass is 553 g/mol. The molecular formula is C31H32FN7O2. The molecule has 210 valence electrons. The molecule has 4 N–H and O–H groups in total. The topological polar surface area (TPSA) is 119 Å². The molecule has 0 radical (unpaired) electrons. The van der Waals surface area contributed by atoms with E-state index >= 15 is 0 Å². The number of nitrogens with one attached hydrogen (secondary N) is 4. The number of hydrogen-bond donors (Lipinski definition) is 4. The summed E-state index contributed by atoms with van der Waals surface area (Å²) in [6.07, 6.45) is 3.71. The molecule has 2 aromatic heterocycles. The Morgan fingerprint density at radius 2 is 1.88 bits per heavy atom. The molecule has 2 amide bonds. The molecule has 1 aliphatic heterocycles. The minimum absolute atomic E-state index is 0.240. The average molecular weight is 554 g/mol. The summed E-state index contributed by atoms with van der Waals surface area (Å²) in [6, 6.07) is 17.4. The van der Waals surface area contributed by atoms with Crippen molar-refractivity contribution in [2.24, 2.45) is 5.92 Å². The maximum Gasteiger partial charge on any atom is 0.321 e. The Morgan fingerprint density at radius 1 is 1.07 bits per heavy atom. The lowest BCUT2D eigenvalue weighted by Gasteiger charge is -2.28. The van der Waals surface area contributed by atoms with Crippen LogP contribution in [0.1, 0.15) is 30.5 Å². The fourth-order valence-corrected chi connectivity index (χ4v) is 5.53. The number of benzene rings is 3. The van der Waals surface area contributed by atoms with Crippen LogP contribution < -0.4 is 16.2 Å². The Kier molecular flexibility index (Phi) is 7.47. The third-order valence-corrected chi connectivity index (χ3v) is 7.88. The van der Waals surface area contributed by atoms with Crippen LogP contribution in [0.4, 0.5) is 15.1 Å². The number of hydrogen-bond acceptors (Lipinski definition) is 5. The molecular weight excluding hydrogens is 521 g/mol. The van der Waals surface area contributed by atoms with Gasteiger partial charge in [-0.25, -0.2) is 19.3 Å². The van der Waals surface area contributed by atoms with Gasteiger partial charge in [-0.3, -0.25) is 10.1 Å². The van der Waals surface area contributed by atoms with Gasteiger partial charge in [-0.05, 0) is 86.8 Å². The highest BCUT2D eigenvalue weighted by Gasteiger charge is 2.17. The number of piperidine rings is 1. The van der Waals surface area contributed by atoms with Crippen LogP contribution in [0.15, 0.2) is 65.5 Å². The summed E-state index contributed by atoms with van der Waals surface area (Å²) in [4.78, 5) is 34.5. The van der Waals surface area contributed by atoms with Crippen molar-refractivity contribution in [3.63, 3.8) is 0 Å². The van der Waals surface area contributed by atoms with E-state index < -0.39 is 0 Å². The van der Waals surface area contributed by atoms with E-state index in [1.54, 1.807) is 24.3 Å². The maximum absolute atomic E-state index is 15.0. The number of rotatable bonds is 7. The van der Waals surface area contributed by atoms with Crippen molar-refractivity contribution in [2.45, 2.75) is 25.7 Å². The number of carbonyl (C=O) groups is 1. The Bertz CT molecular complexity index is 1770. The number of aromatic nitrogens is 4. The number of likely N-dealkylation sites (tertiary alicyclic amines) is 1. The summed E-state index contributed by atoms with van der Waals surface area (Å²) in [6.45, 7) is 2.83. The van der Waals surface area contributed by atoms with Crippen molar-refractivity contribution in [1.82, 2.24) is 30.4 Å². The van der Waals surface area contributed by atoms with E-state index in [-0.39, 0.29) is 17.4 Å². The van der Waals surface area contributed by atoms with E-state index in [0.717, 1.165) is 48.8 Å². The lowest BCUT2D eigenvalue weighted by Crippen LogP contribution is -2.34. The highest BCUT2D eigenvalue weighted by atomic mass is 19.1. The number of amides is 2. The zero-order valence-electron chi connectivity index (χ0n) is 22.8. The summed E-state index contributed by atoms with van der Waals surface area (Å²) in [5.41, 5.74) is 3.76. The molecule has 0 atom stereocenters. The zero-order valence-corrected chi connectivity index (χ0v) is 22.8. The van der Waals surface area contributed by atoms with Crippen molar-refractivity contribution in [3.8, 4) is 11.1 Å². The highest BCUT2D eigenvalue weighted by molar-refractivity contribution is 5.91. The fraction of sp³-hybridized carbons (Fsp3) is 0.290. The van der Waals surface area contributed by atoms with Crippen LogP contribution in [0.25, 0.3) is 32.9 Å². The van der Waals surface area contributed by atoms with Gasteiger partial charge >= 0.3 is 6.03 Å². The van der Waals surface area contributed by atoms with Crippen LogP contribution in [0, 0.1) is 11.7 Å². The predicted octanol–water partition coefficient (Wildman–Crippen LogP) is 5.05. The van der Waals surface area contributed by atoms with Gasteiger partial charge in [0.15, 0.2) is 0 Å². The number of nitrogens with zero attached hydrogens (tertiary/aromatic N) is 3. The number of urea groups is 1. The SMILES string of the molecule is CN1CCC(CCNC(=O)Nc2nc3cc(-c4cc(Cc5n[nH]c(=O)c6ccccc56)ccc4F)ccc3[nH]2)CC1. The summed E-state index contributed by atoms with van der Waals surface area (Å²) >= 11 is 0. The first-order valence-corrected chi connectivity index (χ1v) is 13.9. The van der Waals surface area contributed by atoms with Gasteiger partial charge in [-0.2, -0.15) is 5.10 Å². The van der Waals surface area contributed by atoms with Gasteiger partial charge in [0.2, 0.25) is 5.95 Å². The molecule has 41 heavy (non-hydrogen) atoms. The molecule has 1 saturated heterocycles. The first-order chi connectivity index (χ1) is 19.9. The second-order valence-corrected chi connectivity index (χ2v) is 10.8. The molecule has 1 aliphatic rings. The molecule has 5 aromatic rings. The lowest BCUT2D eigenvalue weighted by atomic mass is 9.94. The van der Waals surface area contributed by atoms with Gasteiger partial charge in [0.25, 0.3) is 5.56 Å². The molecule has 0 spiro atoms. The predicted molar refractivity (Wildman–Crippen MR) is 159 cm³/mol. The van der Waals surface area contributed by atoms with Gasteiger partial charge in [-0.15, -0.1) is 0 Å². The second kappa shape index (κ2) is 11.5. The Labute approximate surface area is 236 Å². The number of fused-ring (bicyclic) bond motifs is 2. The van der Waals surface area contributed by atoms with Crippen molar-refractivity contribution < 1.29 is 9.18 Å². The van der Waals surface area contributed by atoms with E-state index in [4.69, 9.17) is 0 Å². The van der Waals surface area contributed by atoms with E-state index in [0.29, 0.717) is 52.6 Å². The quantitative estimate of drug-likeness (QED) is 0.225. The standard InChI is InChI=1S/C31H32FN7O2/c1-39-14-11-19(12-15-39)10-13-33-31(41)36-30-34-26-9-7-21(18-28(26)35-30)24-16-20(6-8-25(24)32)17-27-22-4-2-3-5-23(22)29(40)38-37-27/h2-9,16,18-19H,10-15,17H2,1H3,(H,38,40)(H3,33,34,35,36,41). The lowest BCUT2D eigenvalue weighted by molar-refractivity contribution is 0.211. The molecule has 0 unspecified atom stereocenters. The van der Waals surface area contributed by atoms with Gasteiger partial charge in [-0.1, -0.05) is 30.3 Å². The maximum atomic E-state index is 15.0. The first-order valence-electron chi connectivity index (χ1n) is 13.9. The Hall–Kier alpha value is -4.57. The summed E-state index contributed by atoms with van der Waals surface area (Å²) in [5, 5.41) is 13.8. The molecule has 0 aliphatic carbocycles. The van der Waals surface area contributed by atoms with Crippen LogP contribution in [0.5, 0.6) is 0 Å². The number of imidazole rings is 1. The fourth-order valence-electron chi connectivity index (χ4n) is 5.53. The zero-order chi connectivity index (χ0) is 28.3. The van der Waals surface area contributed by atoms with E-state index in [1.165, 1.54) is 6.07 Å². The van der Waals surface area contributed by atoms with Crippen LogP contribution in [0.3, 0.4) is 0 Å². The Morgan fingerprint density at radius 3 is 2.71 bits per heavy atom. The summed E-state index contributed by atoms with van der Waals surface area (Å²) in [7, 11) is 2.14. The third-order valence-electron chi connectivity index (χ3n) is 7.88. The average Bonchev–Trinajstić information content (AvgIpc) is 3.38. The summed E-state index contributed by atoms with van der Waals surface area (Å²) in [5.74, 6) is 0.617. The van der Waals surface area contributed by atoms with Gasteiger partial charge in [0.1, 0.15) is 5.82 Å². The van der Waals surface area contributed by atoms with Gasteiger partial charge < -0.3 is 15.2 Å². The number of halogens is 1. The van der Waals surface area contributed by atoms with Crippen molar-refractivity contribution in [1.29, 1.82) is 0 Å². The van der Waals surface area contributed by atoms with Crippen molar-refractivity contribution in [2.75, 3.05) is 32.0 Å². The minimum Gasteiger partial charge on any atom is -0.338 e. The smallest absolute Gasteiger partial charge is 0.321 e. The third kappa shape index (κ3) is 5.97. The van der Waals surface area contributed by atoms with Crippen LogP contribution in [-0.4, -0.2) is 57.8 Å². The molecule has 0 bridgehead atoms.